The summed E-state index contributed by atoms with van der Waals surface area (Å²) in [7, 11) is 1.66. The third-order valence-corrected chi connectivity index (χ3v) is 3.92. The number of hydrogen-bond donors (Lipinski definition) is 0. The molecule has 1 heterocycles. The number of methoxy groups -OCH3 is 1. The molecule has 4 nitrogen and oxygen atoms in total. The van der Waals surface area contributed by atoms with Gasteiger partial charge in [-0.15, -0.1) is 11.6 Å². The molecule has 0 saturated carbocycles. The van der Waals surface area contributed by atoms with Gasteiger partial charge in [0.05, 0.1) is 36.7 Å². The highest BCUT2D eigenvalue weighted by molar-refractivity contribution is 6.16. The first-order chi connectivity index (χ1) is 10.1. The highest BCUT2D eigenvalue weighted by Gasteiger charge is 2.22. The molecular weight excluding hydrogens is 288 g/mol. The highest BCUT2D eigenvalue weighted by atomic mass is 35.5. The SMILES string of the molecule is CCOCC(C(C)C)n1c(CCl)nc2cc(OC)ccc21. The summed E-state index contributed by atoms with van der Waals surface area (Å²) < 4.78 is 13.1. The van der Waals surface area contributed by atoms with Gasteiger partial charge in [-0.05, 0) is 25.0 Å². The van der Waals surface area contributed by atoms with Crippen molar-refractivity contribution in [2.75, 3.05) is 20.3 Å². The molecule has 0 aliphatic carbocycles. The second kappa shape index (κ2) is 7.14. The molecule has 5 heteroatoms. The van der Waals surface area contributed by atoms with E-state index < -0.39 is 0 Å². The van der Waals surface area contributed by atoms with Crippen molar-refractivity contribution >= 4 is 22.6 Å². The maximum Gasteiger partial charge on any atom is 0.125 e. The standard InChI is InChI=1S/C16H23ClN2O2/c1-5-21-10-15(11(2)3)19-14-7-6-12(20-4)8-13(14)18-16(19)9-17/h6-8,11,15H,5,9-10H2,1-4H3. The molecule has 1 atom stereocenters. The van der Waals surface area contributed by atoms with Gasteiger partial charge in [-0.25, -0.2) is 4.98 Å². The Morgan fingerprint density at radius 3 is 2.67 bits per heavy atom. The van der Waals surface area contributed by atoms with Crippen LogP contribution in [0, 0.1) is 5.92 Å². The quantitative estimate of drug-likeness (QED) is 0.725. The van der Waals surface area contributed by atoms with Crippen LogP contribution >= 0.6 is 11.6 Å². The molecule has 116 valence electrons. The first-order valence-corrected chi connectivity index (χ1v) is 7.84. The van der Waals surface area contributed by atoms with Gasteiger partial charge in [-0.1, -0.05) is 13.8 Å². The summed E-state index contributed by atoms with van der Waals surface area (Å²) in [6, 6.07) is 6.16. The zero-order chi connectivity index (χ0) is 15.4. The highest BCUT2D eigenvalue weighted by Crippen LogP contribution is 2.29. The maximum atomic E-state index is 6.10. The summed E-state index contributed by atoms with van der Waals surface area (Å²) in [6.45, 7) is 7.76. The third kappa shape index (κ3) is 3.33. The Hall–Kier alpha value is -1.26. The van der Waals surface area contributed by atoms with Gasteiger partial charge in [0.15, 0.2) is 0 Å². The maximum absolute atomic E-state index is 6.10. The molecule has 0 radical (unpaired) electrons. The second-order valence-corrected chi connectivity index (χ2v) is 5.62. The van der Waals surface area contributed by atoms with E-state index in [9.17, 15) is 0 Å². The van der Waals surface area contributed by atoms with Crippen molar-refractivity contribution in [1.82, 2.24) is 9.55 Å². The molecule has 0 amide bonds. The summed E-state index contributed by atoms with van der Waals surface area (Å²) in [5.74, 6) is 2.49. The van der Waals surface area contributed by atoms with Crippen LogP contribution < -0.4 is 4.74 Å². The molecule has 0 N–H and O–H groups in total. The first-order valence-electron chi connectivity index (χ1n) is 7.30. The van der Waals surface area contributed by atoms with Crippen molar-refractivity contribution in [1.29, 1.82) is 0 Å². The number of hydrogen-bond acceptors (Lipinski definition) is 3. The summed E-state index contributed by atoms with van der Waals surface area (Å²) in [5.41, 5.74) is 1.98. The normalized spacial score (nSPS) is 13.0. The van der Waals surface area contributed by atoms with E-state index in [0.717, 1.165) is 22.6 Å². The molecule has 0 saturated heterocycles. The number of nitrogens with zero attached hydrogens (tertiary/aromatic N) is 2. The molecule has 1 aromatic heterocycles. The van der Waals surface area contributed by atoms with E-state index in [-0.39, 0.29) is 6.04 Å². The van der Waals surface area contributed by atoms with Gasteiger partial charge in [0.25, 0.3) is 0 Å². The van der Waals surface area contributed by atoms with Crippen LogP contribution in [0.5, 0.6) is 5.75 Å². The lowest BCUT2D eigenvalue weighted by atomic mass is 10.0. The fourth-order valence-electron chi connectivity index (χ4n) is 2.52. The smallest absolute Gasteiger partial charge is 0.125 e. The Labute approximate surface area is 131 Å². The molecule has 1 aromatic carbocycles. The predicted molar refractivity (Wildman–Crippen MR) is 86.2 cm³/mol. The van der Waals surface area contributed by atoms with Gasteiger partial charge in [0.2, 0.25) is 0 Å². The van der Waals surface area contributed by atoms with E-state index in [1.165, 1.54) is 0 Å². The number of benzene rings is 1. The minimum absolute atomic E-state index is 0.220. The Balaban J connectivity index is 2.53. The molecular formula is C16H23ClN2O2. The second-order valence-electron chi connectivity index (χ2n) is 5.36. The van der Waals surface area contributed by atoms with E-state index >= 15 is 0 Å². The number of fused-ring (bicyclic) bond motifs is 1. The monoisotopic (exact) mass is 310 g/mol. The van der Waals surface area contributed by atoms with Gasteiger partial charge < -0.3 is 14.0 Å². The topological polar surface area (TPSA) is 36.3 Å². The molecule has 0 aliphatic rings. The summed E-state index contributed by atoms with van der Waals surface area (Å²) in [6.07, 6.45) is 0. The Kier molecular flexibility index (Phi) is 5.48. The molecule has 21 heavy (non-hydrogen) atoms. The third-order valence-electron chi connectivity index (χ3n) is 3.68. The number of imidazole rings is 1. The zero-order valence-electron chi connectivity index (χ0n) is 13.1. The minimum atomic E-state index is 0.220. The number of aromatic nitrogens is 2. The molecule has 1 unspecified atom stereocenters. The molecule has 0 fully saturated rings. The number of ether oxygens (including phenoxy) is 2. The van der Waals surface area contributed by atoms with Crippen LogP contribution in [-0.4, -0.2) is 29.9 Å². The van der Waals surface area contributed by atoms with Crippen LogP contribution in [0.4, 0.5) is 0 Å². The fourth-order valence-corrected chi connectivity index (χ4v) is 2.71. The van der Waals surface area contributed by atoms with Crippen LogP contribution in [0.25, 0.3) is 11.0 Å². The molecule has 0 aliphatic heterocycles. The summed E-state index contributed by atoms with van der Waals surface area (Å²) in [4.78, 5) is 4.65. The van der Waals surface area contributed by atoms with Crippen molar-refractivity contribution < 1.29 is 9.47 Å². The van der Waals surface area contributed by atoms with Crippen LogP contribution in [-0.2, 0) is 10.6 Å². The average Bonchev–Trinajstić information content (AvgIpc) is 2.85. The zero-order valence-corrected chi connectivity index (χ0v) is 13.9. The van der Waals surface area contributed by atoms with Crippen molar-refractivity contribution in [3.63, 3.8) is 0 Å². The number of rotatable bonds is 7. The molecule has 0 spiro atoms. The van der Waals surface area contributed by atoms with Crippen molar-refractivity contribution in [2.45, 2.75) is 32.7 Å². The Morgan fingerprint density at radius 2 is 2.10 bits per heavy atom. The van der Waals surface area contributed by atoms with Gasteiger partial charge in [0, 0.05) is 12.7 Å². The van der Waals surface area contributed by atoms with Crippen LogP contribution in [0.1, 0.15) is 32.6 Å². The first kappa shape index (κ1) is 16.1. The van der Waals surface area contributed by atoms with Crippen LogP contribution in [0.3, 0.4) is 0 Å². The van der Waals surface area contributed by atoms with Gasteiger partial charge in [-0.2, -0.15) is 0 Å². The van der Waals surface area contributed by atoms with Gasteiger partial charge >= 0.3 is 0 Å². The largest absolute Gasteiger partial charge is 0.497 e. The summed E-state index contributed by atoms with van der Waals surface area (Å²) in [5, 5.41) is 0. The average molecular weight is 311 g/mol. The molecule has 2 aromatic rings. The van der Waals surface area contributed by atoms with Crippen LogP contribution in [0.2, 0.25) is 0 Å². The van der Waals surface area contributed by atoms with Crippen molar-refractivity contribution in [2.24, 2.45) is 5.92 Å². The van der Waals surface area contributed by atoms with E-state index in [4.69, 9.17) is 21.1 Å². The van der Waals surface area contributed by atoms with Crippen molar-refractivity contribution in [3.05, 3.63) is 24.0 Å². The van der Waals surface area contributed by atoms with E-state index in [0.29, 0.717) is 25.0 Å². The fraction of sp³-hybridized carbons (Fsp3) is 0.562. The van der Waals surface area contributed by atoms with E-state index in [2.05, 4.69) is 23.4 Å². The van der Waals surface area contributed by atoms with E-state index in [1.807, 2.05) is 25.1 Å². The van der Waals surface area contributed by atoms with Gasteiger partial charge in [-0.3, -0.25) is 0 Å². The van der Waals surface area contributed by atoms with Gasteiger partial charge in [0.1, 0.15) is 11.6 Å². The lowest BCUT2D eigenvalue weighted by molar-refractivity contribution is 0.0971. The van der Waals surface area contributed by atoms with Crippen molar-refractivity contribution in [3.8, 4) is 5.75 Å². The minimum Gasteiger partial charge on any atom is -0.497 e. The lowest BCUT2D eigenvalue weighted by Gasteiger charge is -2.24. The van der Waals surface area contributed by atoms with E-state index in [1.54, 1.807) is 7.11 Å². The lowest BCUT2D eigenvalue weighted by Crippen LogP contribution is -2.22. The molecule has 0 bridgehead atoms. The number of alkyl halides is 1. The summed E-state index contributed by atoms with van der Waals surface area (Å²) >= 11 is 6.10. The van der Waals surface area contributed by atoms with Crippen LogP contribution in [0.15, 0.2) is 18.2 Å². The Bertz CT molecular complexity index is 595. The molecule has 2 rings (SSSR count). The predicted octanol–water partition coefficient (Wildman–Crippen LogP) is 4.02. The number of halogens is 1. The Morgan fingerprint density at radius 1 is 1.33 bits per heavy atom.